The van der Waals surface area contributed by atoms with Gasteiger partial charge in [-0.3, -0.25) is 4.79 Å². The monoisotopic (exact) mass is 453 g/mol. The van der Waals surface area contributed by atoms with Crippen LogP contribution in [0.4, 0.5) is 0 Å². The van der Waals surface area contributed by atoms with Crippen molar-refractivity contribution in [2.75, 3.05) is 19.9 Å². The second-order valence-corrected chi connectivity index (χ2v) is 8.07. The van der Waals surface area contributed by atoms with Crippen molar-refractivity contribution in [2.24, 2.45) is 0 Å². The van der Waals surface area contributed by atoms with Gasteiger partial charge in [0.05, 0.1) is 0 Å². The minimum absolute atomic E-state index is 0.0303. The zero-order valence-corrected chi connectivity index (χ0v) is 18.6. The molecule has 1 unspecified atom stereocenters. The van der Waals surface area contributed by atoms with Crippen molar-refractivity contribution >= 4 is 5.91 Å². The largest absolute Gasteiger partial charge is 0.491 e. The number of carbonyl (C=O) groups excluding carboxylic acids is 1. The van der Waals surface area contributed by atoms with Gasteiger partial charge in [0.15, 0.2) is 11.5 Å². The molecule has 1 amide bonds. The summed E-state index contributed by atoms with van der Waals surface area (Å²) >= 11 is 0. The van der Waals surface area contributed by atoms with E-state index in [1.54, 1.807) is 18.2 Å². The molecule has 1 aliphatic rings. The number of aryl methyl sites for hydroxylation is 1. The lowest BCUT2D eigenvalue weighted by atomic mass is 10.0. The summed E-state index contributed by atoms with van der Waals surface area (Å²) in [6, 6.07) is 13.2. The summed E-state index contributed by atoms with van der Waals surface area (Å²) in [5, 5.41) is 16.8. The first-order valence-electron chi connectivity index (χ1n) is 10.9. The minimum atomic E-state index is -0.858. The van der Waals surface area contributed by atoms with E-state index in [-0.39, 0.29) is 32.3 Å². The van der Waals surface area contributed by atoms with Gasteiger partial charge in [-0.2, -0.15) is 4.98 Å². The summed E-state index contributed by atoms with van der Waals surface area (Å²) in [5.41, 5.74) is 2.10. The Balaban J connectivity index is 1.17. The third kappa shape index (κ3) is 6.01. The maximum Gasteiger partial charge on any atom is 0.231 e. The number of fused-ring (bicyclic) bond motifs is 1. The molecule has 1 atom stereocenters. The summed E-state index contributed by atoms with van der Waals surface area (Å²) in [6.07, 6.45) is -0.376. The van der Waals surface area contributed by atoms with Crippen LogP contribution in [0.15, 0.2) is 47.0 Å². The van der Waals surface area contributed by atoms with Crippen molar-refractivity contribution in [3.8, 4) is 28.6 Å². The third-order valence-electron chi connectivity index (χ3n) is 5.19. The van der Waals surface area contributed by atoms with E-state index < -0.39 is 6.10 Å². The number of hydrogen-bond acceptors (Lipinski definition) is 8. The third-order valence-corrected chi connectivity index (χ3v) is 5.19. The van der Waals surface area contributed by atoms with Crippen molar-refractivity contribution in [2.45, 2.75) is 38.7 Å². The Morgan fingerprint density at radius 1 is 1.15 bits per heavy atom. The predicted molar refractivity (Wildman–Crippen MR) is 119 cm³/mol. The Hall–Kier alpha value is -3.59. The number of aliphatic hydroxyl groups is 1. The SMILES string of the molecule is CC(C)c1ccc(-c2noc(CCC(=O)NCC(O)COc3ccc4c(c3)OCO4)n2)cc1. The minimum Gasteiger partial charge on any atom is -0.491 e. The predicted octanol–water partition coefficient (Wildman–Crippen LogP) is 3.08. The molecule has 1 aliphatic heterocycles. The van der Waals surface area contributed by atoms with Crippen LogP contribution in [0.3, 0.4) is 0 Å². The van der Waals surface area contributed by atoms with Crippen LogP contribution in [0, 0.1) is 0 Å². The highest BCUT2D eigenvalue weighted by Gasteiger charge is 2.15. The van der Waals surface area contributed by atoms with Crippen LogP contribution >= 0.6 is 0 Å². The average molecular weight is 453 g/mol. The van der Waals surface area contributed by atoms with Crippen LogP contribution < -0.4 is 19.5 Å². The molecule has 9 nitrogen and oxygen atoms in total. The molecule has 2 heterocycles. The van der Waals surface area contributed by atoms with Crippen molar-refractivity contribution in [1.29, 1.82) is 0 Å². The zero-order chi connectivity index (χ0) is 23.2. The molecule has 0 radical (unpaired) electrons. The standard InChI is InChI=1S/C24H27N3O6/c1-15(2)16-3-5-17(6-4-16)24-26-23(33-27-24)10-9-22(29)25-12-18(28)13-30-19-7-8-20-21(11-19)32-14-31-20/h3-8,11,15,18,28H,9-10,12-14H2,1-2H3,(H,25,29). The topological polar surface area (TPSA) is 116 Å². The molecule has 0 bridgehead atoms. The Kier molecular flexibility index (Phi) is 7.09. The summed E-state index contributed by atoms with van der Waals surface area (Å²) in [6.45, 7) is 4.56. The fraction of sp³-hybridized carbons (Fsp3) is 0.375. The highest BCUT2D eigenvalue weighted by molar-refractivity contribution is 5.76. The lowest BCUT2D eigenvalue weighted by molar-refractivity contribution is -0.121. The highest BCUT2D eigenvalue weighted by Crippen LogP contribution is 2.35. The number of rotatable bonds is 10. The molecule has 4 rings (SSSR count). The molecule has 3 aromatic rings. The van der Waals surface area contributed by atoms with Gasteiger partial charge >= 0.3 is 0 Å². The Morgan fingerprint density at radius 3 is 2.73 bits per heavy atom. The fourth-order valence-electron chi connectivity index (χ4n) is 3.25. The molecule has 0 aliphatic carbocycles. The van der Waals surface area contributed by atoms with E-state index in [0.29, 0.717) is 41.3 Å². The molecule has 0 saturated carbocycles. The summed E-state index contributed by atoms with van der Waals surface area (Å²) in [7, 11) is 0. The Bertz CT molecular complexity index is 1080. The zero-order valence-electron chi connectivity index (χ0n) is 18.6. The molecular weight excluding hydrogens is 426 g/mol. The lowest BCUT2D eigenvalue weighted by Gasteiger charge is -2.13. The van der Waals surface area contributed by atoms with Gasteiger partial charge in [-0.05, 0) is 23.6 Å². The first-order valence-corrected chi connectivity index (χ1v) is 10.9. The molecule has 9 heteroatoms. The molecule has 1 aromatic heterocycles. The number of aliphatic hydroxyl groups excluding tert-OH is 1. The van der Waals surface area contributed by atoms with Crippen LogP contribution in [0.1, 0.15) is 37.6 Å². The number of aromatic nitrogens is 2. The van der Waals surface area contributed by atoms with Crippen LogP contribution in [-0.2, 0) is 11.2 Å². The van der Waals surface area contributed by atoms with Crippen LogP contribution in [-0.4, -0.2) is 47.2 Å². The van der Waals surface area contributed by atoms with Crippen LogP contribution in [0.5, 0.6) is 17.2 Å². The van der Waals surface area contributed by atoms with Crippen molar-refractivity contribution in [3.63, 3.8) is 0 Å². The quantitative estimate of drug-likeness (QED) is 0.481. The van der Waals surface area contributed by atoms with E-state index in [4.69, 9.17) is 18.7 Å². The van der Waals surface area contributed by atoms with Gasteiger partial charge in [0, 0.05) is 31.0 Å². The van der Waals surface area contributed by atoms with Crippen molar-refractivity contribution in [3.05, 3.63) is 53.9 Å². The van der Waals surface area contributed by atoms with Crippen LogP contribution in [0.2, 0.25) is 0 Å². The number of hydrogen-bond donors (Lipinski definition) is 2. The van der Waals surface area contributed by atoms with Crippen LogP contribution in [0.25, 0.3) is 11.4 Å². The maximum absolute atomic E-state index is 12.1. The number of benzene rings is 2. The first-order chi connectivity index (χ1) is 16.0. The molecular formula is C24H27N3O6. The van der Waals surface area contributed by atoms with E-state index in [0.717, 1.165) is 5.56 Å². The summed E-state index contributed by atoms with van der Waals surface area (Å²) < 4.78 is 21.3. The second kappa shape index (κ2) is 10.4. The van der Waals surface area contributed by atoms with E-state index >= 15 is 0 Å². The molecule has 2 N–H and O–H groups in total. The van der Waals surface area contributed by atoms with Gasteiger partial charge in [-0.1, -0.05) is 43.3 Å². The van der Waals surface area contributed by atoms with Gasteiger partial charge in [0.1, 0.15) is 18.5 Å². The van der Waals surface area contributed by atoms with E-state index in [9.17, 15) is 9.90 Å². The lowest BCUT2D eigenvalue weighted by Crippen LogP contribution is -2.35. The maximum atomic E-state index is 12.1. The normalized spacial score (nSPS) is 13.2. The fourth-order valence-corrected chi connectivity index (χ4v) is 3.25. The molecule has 33 heavy (non-hydrogen) atoms. The number of amides is 1. The number of carbonyl (C=O) groups is 1. The number of nitrogens with zero attached hydrogens (tertiary/aromatic N) is 2. The first kappa shape index (κ1) is 22.6. The summed E-state index contributed by atoms with van der Waals surface area (Å²) in [5.74, 6) is 2.93. The number of nitrogens with one attached hydrogen (secondary N) is 1. The molecule has 0 fully saturated rings. The summed E-state index contributed by atoms with van der Waals surface area (Å²) in [4.78, 5) is 16.5. The van der Waals surface area contributed by atoms with Gasteiger partial charge in [-0.15, -0.1) is 0 Å². The number of ether oxygens (including phenoxy) is 3. The van der Waals surface area contributed by atoms with E-state index in [1.807, 2.05) is 24.3 Å². The smallest absolute Gasteiger partial charge is 0.231 e. The van der Waals surface area contributed by atoms with Gasteiger partial charge in [0.2, 0.25) is 24.4 Å². The average Bonchev–Trinajstić information content (AvgIpc) is 3.49. The molecule has 0 spiro atoms. The van der Waals surface area contributed by atoms with E-state index in [2.05, 4.69) is 29.3 Å². The Labute approximate surface area is 191 Å². The van der Waals surface area contributed by atoms with Gasteiger partial charge in [-0.25, -0.2) is 0 Å². The van der Waals surface area contributed by atoms with E-state index in [1.165, 1.54) is 5.56 Å². The highest BCUT2D eigenvalue weighted by atomic mass is 16.7. The Morgan fingerprint density at radius 2 is 1.94 bits per heavy atom. The van der Waals surface area contributed by atoms with Gasteiger partial charge in [0.25, 0.3) is 0 Å². The van der Waals surface area contributed by atoms with Crippen molar-refractivity contribution < 1.29 is 28.6 Å². The van der Waals surface area contributed by atoms with Crippen molar-refractivity contribution in [1.82, 2.24) is 15.5 Å². The van der Waals surface area contributed by atoms with Gasteiger partial charge < -0.3 is 29.2 Å². The molecule has 174 valence electrons. The second-order valence-electron chi connectivity index (χ2n) is 8.07. The molecule has 2 aromatic carbocycles. The molecule has 0 saturated heterocycles.